The van der Waals surface area contributed by atoms with Crippen LogP contribution in [0.4, 0.5) is 5.69 Å². The molecule has 2 aromatic heterocycles. The van der Waals surface area contributed by atoms with Crippen molar-refractivity contribution in [2.45, 2.75) is 26.2 Å². The van der Waals surface area contributed by atoms with Crippen molar-refractivity contribution in [2.24, 2.45) is 0 Å². The average molecular weight is 385 g/mol. The molecule has 0 aliphatic rings. The summed E-state index contributed by atoms with van der Waals surface area (Å²) in [6.45, 7) is 6.40. The SMILES string of the molecule is CC(C)(C)c1ccccc1Oc1ncccc1NC(=O)c1c[nH]c2ccccc12. The summed E-state index contributed by atoms with van der Waals surface area (Å²) in [5, 5.41) is 3.81. The van der Waals surface area contributed by atoms with E-state index in [4.69, 9.17) is 4.74 Å². The minimum atomic E-state index is -0.218. The highest BCUT2D eigenvalue weighted by Crippen LogP contribution is 2.35. The van der Waals surface area contributed by atoms with Gasteiger partial charge in [0.1, 0.15) is 11.4 Å². The number of nitrogens with one attached hydrogen (secondary N) is 2. The average Bonchev–Trinajstić information content (AvgIpc) is 3.13. The molecular weight excluding hydrogens is 362 g/mol. The molecule has 0 spiro atoms. The number of ether oxygens (including phenoxy) is 1. The molecule has 2 N–H and O–H groups in total. The summed E-state index contributed by atoms with van der Waals surface area (Å²) in [6.07, 6.45) is 3.36. The Morgan fingerprint density at radius 2 is 1.76 bits per heavy atom. The number of nitrogens with zero attached hydrogens (tertiary/aromatic N) is 1. The third kappa shape index (κ3) is 3.85. The second-order valence-electron chi connectivity index (χ2n) is 7.91. The fourth-order valence-corrected chi connectivity index (χ4v) is 3.30. The van der Waals surface area contributed by atoms with Crippen LogP contribution in [0, 0.1) is 0 Å². The van der Waals surface area contributed by atoms with Crippen molar-refractivity contribution >= 4 is 22.5 Å². The van der Waals surface area contributed by atoms with E-state index in [1.807, 2.05) is 48.5 Å². The van der Waals surface area contributed by atoms with E-state index in [-0.39, 0.29) is 11.3 Å². The number of pyridine rings is 1. The van der Waals surface area contributed by atoms with Crippen LogP contribution in [0.25, 0.3) is 10.9 Å². The van der Waals surface area contributed by atoms with E-state index in [2.05, 4.69) is 36.1 Å². The van der Waals surface area contributed by atoms with Crippen molar-refractivity contribution < 1.29 is 9.53 Å². The van der Waals surface area contributed by atoms with E-state index < -0.39 is 0 Å². The van der Waals surface area contributed by atoms with Gasteiger partial charge in [0.15, 0.2) is 0 Å². The summed E-state index contributed by atoms with van der Waals surface area (Å²) >= 11 is 0. The highest BCUT2D eigenvalue weighted by atomic mass is 16.5. The van der Waals surface area contributed by atoms with Gasteiger partial charge >= 0.3 is 0 Å². The van der Waals surface area contributed by atoms with Crippen molar-refractivity contribution in [2.75, 3.05) is 5.32 Å². The minimum absolute atomic E-state index is 0.0845. The molecule has 2 aromatic carbocycles. The number of hydrogen-bond acceptors (Lipinski definition) is 3. The summed E-state index contributed by atoms with van der Waals surface area (Å²) < 4.78 is 6.14. The predicted octanol–water partition coefficient (Wildman–Crippen LogP) is 5.91. The van der Waals surface area contributed by atoms with Crippen LogP contribution < -0.4 is 10.1 Å². The second kappa shape index (κ2) is 7.43. The maximum atomic E-state index is 12.9. The molecule has 0 fully saturated rings. The van der Waals surface area contributed by atoms with Crippen LogP contribution in [-0.2, 0) is 5.41 Å². The van der Waals surface area contributed by atoms with Crippen LogP contribution in [0.15, 0.2) is 73.1 Å². The summed E-state index contributed by atoms with van der Waals surface area (Å²) in [5.41, 5.74) is 3.00. The zero-order valence-electron chi connectivity index (χ0n) is 16.7. The summed E-state index contributed by atoms with van der Waals surface area (Å²) in [6, 6.07) is 19.1. The summed E-state index contributed by atoms with van der Waals surface area (Å²) in [5.74, 6) is 0.864. The third-order valence-electron chi connectivity index (χ3n) is 4.75. The Labute approximate surface area is 169 Å². The molecular formula is C24H23N3O2. The van der Waals surface area contributed by atoms with Crippen molar-refractivity contribution in [3.63, 3.8) is 0 Å². The fraction of sp³-hybridized carbons (Fsp3) is 0.167. The largest absolute Gasteiger partial charge is 0.437 e. The number of carbonyl (C=O) groups is 1. The van der Waals surface area contributed by atoms with Crippen molar-refractivity contribution in [1.29, 1.82) is 0 Å². The molecule has 0 radical (unpaired) electrons. The maximum Gasteiger partial charge on any atom is 0.257 e. The number of hydrogen-bond donors (Lipinski definition) is 2. The maximum absolute atomic E-state index is 12.9. The molecule has 0 bridgehead atoms. The van der Waals surface area contributed by atoms with Crippen molar-refractivity contribution in [3.05, 3.63) is 84.2 Å². The first-order valence-corrected chi connectivity index (χ1v) is 9.53. The van der Waals surface area contributed by atoms with Gasteiger partial charge in [0, 0.05) is 28.9 Å². The van der Waals surface area contributed by atoms with Gasteiger partial charge in [-0.2, -0.15) is 0 Å². The van der Waals surface area contributed by atoms with Crippen molar-refractivity contribution in [3.8, 4) is 11.6 Å². The number of carbonyl (C=O) groups excluding carboxylic acids is 1. The van der Waals surface area contributed by atoms with Gasteiger partial charge in [-0.25, -0.2) is 4.98 Å². The van der Waals surface area contributed by atoms with E-state index in [0.29, 0.717) is 17.1 Å². The number of H-pyrrole nitrogens is 1. The molecule has 0 atom stereocenters. The van der Waals surface area contributed by atoms with E-state index >= 15 is 0 Å². The lowest BCUT2D eigenvalue weighted by Crippen LogP contribution is -2.14. The predicted molar refractivity (Wildman–Crippen MR) is 116 cm³/mol. The number of aromatic nitrogens is 2. The monoisotopic (exact) mass is 385 g/mol. The minimum Gasteiger partial charge on any atom is -0.437 e. The van der Waals surface area contributed by atoms with Crippen LogP contribution in [-0.4, -0.2) is 15.9 Å². The number of amides is 1. The van der Waals surface area contributed by atoms with E-state index in [0.717, 1.165) is 22.2 Å². The summed E-state index contributed by atoms with van der Waals surface area (Å²) in [7, 11) is 0. The van der Waals surface area contributed by atoms with Crippen molar-refractivity contribution in [1.82, 2.24) is 9.97 Å². The van der Waals surface area contributed by atoms with Crippen LogP contribution in [0.5, 0.6) is 11.6 Å². The van der Waals surface area contributed by atoms with Crippen LogP contribution in [0.1, 0.15) is 36.7 Å². The Balaban J connectivity index is 1.64. The molecule has 0 unspecified atom stereocenters. The number of benzene rings is 2. The number of aromatic amines is 1. The van der Waals surface area contributed by atoms with Gasteiger partial charge in [-0.1, -0.05) is 57.2 Å². The molecule has 5 heteroatoms. The number of fused-ring (bicyclic) bond motifs is 1. The summed E-state index contributed by atoms with van der Waals surface area (Å²) in [4.78, 5) is 20.4. The molecule has 0 aliphatic carbocycles. The topological polar surface area (TPSA) is 67.0 Å². The molecule has 2 heterocycles. The van der Waals surface area contributed by atoms with Crippen LogP contribution >= 0.6 is 0 Å². The lowest BCUT2D eigenvalue weighted by Gasteiger charge is -2.22. The van der Waals surface area contributed by atoms with Crippen LogP contribution in [0.2, 0.25) is 0 Å². The highest BCUT2D eigenvalue weighted by molar-refractivity contribution is 6.13. The zero-order chi connectivity index (χ0) is 20.4. The Morgan fingerprint density at radius 1 is 1.00 bits per heavy atom. The van der Waals surface area contributed by atoms with Gasteiger partial charge in [0.25, 0.3) is 5.91 Å². The van der Waals surface area contributed by atoms with E-state index in [1.54, 1.807) is 24.5 Å². The Hall–Kier alpha value is -3.60. The van der Waals surface area contributed by atoms with Gasteiger partial charge < -0.3 is 15.0 Å². The smallest absolute Gasteiger partial charge is 0.257 e. The first-order valence-electron chi connectivity index (χ1n) is 9.53. The van der Waals surface area contributed by atoms with Gasteiger partial charge in [-0.15, -0.1) is 0 Å². The van der Waals surface area contributed by atoms with Crippen LogP contribution in [0.3, 0.4) is 0 Å². The molecule has 0 saturated heterocycles. The Morgan fingerprint density at radius 3 is 2.59 bits per heavy atom. The quantitative estimate of drug-likeness (QED) is 0.459. The first-order chi connectivity index (χ1) is 13.9. The molecule has 4 rings (SSSR count). The van der Waals surface area contributed by atoms with Gasteiger partial charge in [-0.3, -0.25) is 4.79 Å². The molecule has 146 valence electrons. The molecule has 0 saturated carbocycles. The van der Waals surface area contributed by atoms with E-state index in [9.17, 15) is 4.79 Å². The standard InChI is InChI=1S/C24H23N3O2/c1-24(2,3)18-10-5-7-13-21(18)29-23-20(12-8-14-25-23)27-22(28)17-15-26-19-11-6-4-9-16(17)19/h4-15,26H,1-3H3,(H,27,28). The molecule has 4 aromatic rings. The Kier molecular flexibility index (Phi) is 4.80. The fourth-order valence-electron chi connectivity index (χ4n) is 3.30. The number of para-hydroxylation sites is 2. The van der Waals surface area contributed by atoms with Gasteiger partial charge in [-0.05, 0) is 29.7 Å². The molecule has 0 aliphatic heterocycles. The lowest BCUT2D eigenvalue weighted by molar-refractivity contribution is 0.102. The second-order valence-corrected chi connectivity index (χ2v) is 7.91. The first kappa shape index (κ1) is 18.7. The highest BCUT2D eigenvalue weighted by Gasteiger charge is 2.20. The Bertz CT molecular complexity index is 1170. The molecule has 1 amide bonds. The van der Waals surface area contributed by atoms with E-state index in [1.165, 1.54) is 0 Å². The lowest BCUT2D eigenvalue weighted by atomic mass is 9.86. The number of rotatable bonds is 4. The third-order valence-corrected chi connectivity index (χ3v) is 4.75. The van der Waals surface area contributed by atoms with Gasteiger partial charge in [0.2, 0.25) is 5.88 Å². The molecule has 5 nitrogen and oxygen atoms in total. The van der Waals surface area contributed by atoms with Gasteiger partial charge in [0.05, 0.1) is 5.56 Å². The zero-order valence-corrected chi connectivity index (χ0v) is 16.7. The number of anilines is 1. The normalized spacial score (nSPS) is 11.4. The molecule has 29 heavy (non-hydrogen) atoms.